The first kappa shape index (κ1) is 21.0. The van der Waals surface area contributed by atoms with Crippen LogP contribution < -0.4 is 0 Å². The summed E-state index contributed by atoms with van der Waals surface area (Å²) in [5.74, 6) is -0.592. The summed E-state index contributed by atoms with van der Waals surface area (Å²) in [5.41, 5.74) is -1.92. The molecule has 1 aromatic rings. The van der Waals surface area contributed by atoms with Gasteiger partial charge >= 0.3 is 5.97 Å². The molecule has 4 aliphatic rings. The second-order valence-electron chi connectivity index (χ2n) is 9.19. The molecule has 0 aromatic heterocycles. The van der Waals surface area contributed by atoms with E-state index in [0.29, 0.717) is 25.7 Å². The Labute approximate surface area is 175 Å². The molecule has 5 rings (SSSR count). The molecule has 0 heterocycles. The van der Waals surface area contributed by atoms with Crippen LogP contribution in [0.3, 0.4) is 0 Å². The number of nitro groups is 1. The minimum Gasteiger partial charge on any atom is -0.431 e. The zero-order valence-electron chi connectivity index (χ0n) is 16.8. The summed E-state index contributed by atoms with van der Waals surface area (Å²) in [6, 6.07) is 7.60. The normalized spacial score (nSPS) is 33.1. The molecule has 0 aliphatic heterocycles. The highest BCUT2D eigenvalue weighted by Crippen LogP contribution is 2.64. The van der Waals surface area contributed by atoms with Crippen molar-refractivity contribution in [3.8, 4) is 0 Å². The Morgan fingerprint density at radius 3 is 2.33 bits per heavy atom. The van der Waals surface area contributed by atoms with E-state index in [9.17, 15) is 23.3 Å². The first-order valence-corrected chi connectivity index (χ1v) is 11.5. The maximum Gasteiger partial charge on any atom is 0.335 e. The van der Waals surface area contributed by atoms with Crippen LogP contribution in [0.25, 0.3) is 0 Å². The number of carbonyl (C=O) groups is 1. The molecule has 0 N–H and O–H groups in total. The van der Waals surface area contributed by atoms with Crippen molar-refractivity contribution in [2.24, 2.45) is 17.3 Å². The highest BCUT2D eigenvalue weighted by molar-refractivity contribution is 7.86. The van der Waals surface area contributed by atoms with Gasteiger partial charge in [0.25, 0.3) is 10.1 Å². The van der Waals surface area contributed by atoms with Crippen molar-refractivity contribution in [3.63, 3.8) is 0 Å². The standard InChI is InChI=1S/C21H25NO7S/c1-14(2)18(23)28-19(29-30(26,27)17-6-4-3-5-7-17)20-9-15-8-16(10-20)12-21(11-15,13-20)22(24)25/h3-7,15-16,19H,1,8-13H2,2H3. The average molecular weight is 435 g/mol. The monoisotopic (exact) mass is 435 g/mol. The van der Waals surface area contributed by atoms with E-state index in [-0.39, 0.29) is 33.6 Å². The molecule has 8 nitrogen and oxygen atoms in total. The first-order chi connectivity index (χ1) is 14.1. The van der Waals surface area contributed by atoms with Crippen LogP contribution in [0.4, 0.5) is 0 Å². The Kier molecular flexibility index (Phi) is 5.01. The second kappa shape index (κ2) is 7.16. The van der Waals surface area contributed by atoms with Crippen molar-refractivity contribution in [1.82, 2.24) is 0 Å². The van der Waals surface area contributed by atoms with Gasteiger partial charge in [-0.2, -0.15) is 8.42 Å². The molecule has 9 heteroatoms. The first-order valence-electron chi connectivity index (χ1n) is 10.0. The van der Waals surface area contributed by atoms with Crippen LogP contribution in [-0.4, -0.2) is 31.1 Å². The topological polar surface area (TPSA) is 113 Å². The molecule has 3 unspecified atom stereocenters. The zero-order chi connectivity index (χ0) is 21.7. The predicted molar refractivity (Wildman–Crippen MR) is 106 cm³/mol. The fourth-order valence-electron chi connectivity index (χ4n) is 5.98. The molecular formula is C21H25NO7S. The van der Waals surface area contributed by atoms with E-state index in [1.54, 1.807) is 18.2 Å². The van der Waals surface area contributed by atoms with E-state index < -0.39 is 33.3 Å². The number of benzene rings is 1. The molecule has 0 saturated heterocycles. The average Bonchev–Trinajstić information content (AvgIpc) is 2.66. The summed E-state index contributed by atoms with van der Waals surface area (Å²) in [4.78, 5) is 24.1. The molecule has 4 aliphatic carbocycles. The van der Waals surface area contributed by atoms with E-state index in [1.165, 1.54) is 19.1 Å². The second-order valence-corrected chi connectivity index (χ2v) is 10.8. The van der Waals surface area contributed by atoms with Crippen LogP contribution >= 0.6 is 0 Å². The highest BCUT2D eigenvalue weighted by atomic mass is 32.2. The highest BCUT2D eigenvalue weighted by Gasteiger charge is 2.67. The largest absolute Gasteiger partial charge is 0.431 e. The number of hydrogen-bond acceptors (Lipinski definition) is 7. The lowest BCUT2D eigenvalue weighted by Crippen LogP contribution is -2.63. The number of rotatable bonds is 7. The van der Waals surface area contributed by atoms with Crippen molar-refractivity contribution in [2.75, 3.05) is 0 Å². The molecule has 0 radical (unpaired) electrons. The summed E-state index contributed by atoms with van der Waals surface area (Å²) >= 11 is 0. The molecule has 4 bridgehead atoms. The van der Waals surface area contributed by atoms with Gasteiger partial charge in [-0.3, -0.25) is 10.1 Å². The quantitative estimate of drug-likeness (QED) is 0.161. The van der Waals surface area contributed by atoms with E-state index in [2.05, 4.69) is 6.58 Å². The third-order valence-electron chi connectivity index (χ3n) is 6.77. The minimum absolute atomic E-state index is 0.0601. The molecule has 4 saturated carbocycles. The van der Waals surface area contributed by atoms with Gasteiger partial charge in [0.15, 0.2) is 0 Å². The smallest absolute Gasteiger partial charge is 0.335 e. The van der Waals surface area contributed by atoms with Crippen LogP contribution in [0.15, 0.2) is 47.4 Å². The minimum atomic E-state index is -4.24. The SMILES string of the molecule is C=C(C)C(=O)OC(OS(=O)(=O)c1ccccc1)C12CC3CC(C1)CC([N+](=O)[O-])(C3)C2. The van der Waals surface area contributed by atoms with Gasteiger partial charge in [0, 0.05) is 35.2 Å². The lowest BCUT2D eigenvalue weighted by Gasteiger charge is -2.58. The Morgan fingerprint density at radius 2 is 1.80 bits per heavy atom. The number of nitrogens with zero attached hydrogens (tertiary/aromatic N) is 1. The van der Waals surface area contributed by atoms with Gasteiger partial charge in [-0.15, -0.1) is 0 Å². The Balaban J connectivity index is 1.72. The van der Waals surface area contributed by atoms with Crippen LogP contribution in [-0.2, 0) is 23.8 Å². The molecule has 1 aromatic carbocycles. The lowest BCUT2D eigenvalue weighted by molar-refractivity contribution is -0.593. The lowest BCUT2D eigenvalue weighted by atomic mass is 9.46. The summed E-state index contributed by atoms with van der Waals surface area (Å²) in [6.45, 7) is 5.02. The van der Waals surface area contributed by atoms with E-state index in [4.69, 9.17) is 8.92 Å². The van der Waals surface area contributed by atoms with E-state index in [0.717, 1.165) is 6.42 Å². The molecule has 30 heavy (non-hydrogen) atoms. The molecule has 4 fully saturated rings. The fourth-order valence-corrected chi connectivity index (χ4v) is 7.05. The van der Waals surface area contributed by atoms with Gasteiger partial charge in [-0.05, 0) is 50.2 Å². The molecule has 162 valence electrons. The third-order valence-corrected chi connectivity index (χ3v) is 8.05. The van der Waals surface area contributed by atoms with Crippen LogP contribution in [0, 0.1) is 27.4 Å². The van der Waals surface area contributed by atoms with Gasteiger partial charge in [0.1, 0.15) is 0 Å². The fraction of sp³-hybridized carbons (Fsp3) is 0.571. The number of esters is 1. The van der Waals surface area contributed by atoms with Gasteiger partial charge < -0.3 is 4.74 Å². The van der Waals surface area contributed by atoms with Crippen LogP contribution in [0.1, 0.15) is 45.4 Å². The van der Waals surface area contributed by atoms with E-state index in [1.807, 2.05) is 0 Å². The van der Waals surface area contributed by atoms with Gasteiger partial charge in [-0.25, -0.2) is 8.98 Å². The zero-order valence-corrected chi connectivity index (χ0v) is 17.6. The maximum atomic E-state index is 12.9. The molecular weight excluding hydrogens is 410 g/mol. The van der Waals surface area contributed by atoms with Gasteiger partial charge in [0.2, 0.25) is 11.8 Å². The summed E-state index contributed by atoms with van der Waals surface area (Å²) < 4.78 is 36.9. The molecule has 3 atom stereocenters. The molecule has 0 spiro atoms. The van der Waals surface area contributed by atoms with Crippen molar-refractivity contribution < 1.29 is 27.1 Å². The van der Waals surface area contributed by atoms with Gasteiger partial charge in [-0.1, -0.05) is 24.8 Å². The molecule has 0 amide bonds. The predicted octanol–water partition coefficient (Wildman–Crippen LogP) is 3.45. The third kappa shape index (κ3) is 3.54. The Bertz CT molecular complexity index is 974. The van der Waals surface area contributed by atoms with Crippen molar-refractivity contribution in [3.05, 3.63) is 52.6 Å². The number of carbonyl (C=O) groups excluding carboxylic acids is 1. The number of ether oxygens (including phenoxy) is 1. The van der Waals surface area contributed by atoms with Crippen molar-refractivity contribution in [1.29, 1.82) is 0 Å². The van der Waals surface area contributed by atoms with Crippen molar-refractivity contribution >= 4 is 16.1 Å². The van der Waals surface area contributed by atoms with Crippen LogP contribution in [0.2, 0.25) is 0 Å². The summed E-state index contributed by atoms with van der Waals surface area (Å²) in [7, 11) is -4.24. The maximum absolute atomic E-state index is 12.9. The Morgan fingerprint density at radius 1 is 1.20 bits per heavy atom. The Hall–Kier alpha value is -2.26. The van der Waals surface area contributed by atoms with Crippen LogP contribution in [0.5, 0.6) is 0 Å². The summed E-state index contributed by atoms with van der Waals surface area (Å²) in [5, 5.41) is 12.0. The summed E-state index contributed by atoms with van der Waals surface area (Å²) in [6.07, 6.45) is 1.62. The van der Waals surface area contributed by atoms with E-state index >= 15 is 0 Å². The van der Waals surface area contributed by atoms with Crippen molar-refractivity contribution in [2.45, 2.75) is 62.2 Å². The van der Waals surface area contributed by atoms with Gasteiger partial charge in [0.05, 0.1) is 4.90 Å². The number of hydrogen-bond donors (Lipinski definition) is 0.